The number of hydrogen-bond donors (Lipinski definition) is 4. The molecular formula is C42H73N9O4. The lowest BCUT2D eigenvalue weighted by atomic mass is 9.89. The van der Waals surface area contributed by atoms with Crippen LogP contribution >= 0.6 is 0 Å². The van der Waals surface area contributed by atoms with Gasteiger partial charge >= 0.3 is 11.9 Å². The van der Waals surface area contributed by atoms with E-state index in [1.165, 1.54) is 51.4 Å². The van der Waals surface area contributed by atoms with Gasteiger partial charge in [0.15, 0.2) is 17.9 Å². The summed E-state index contributed by atoms with van der Waals surface area (Å²) in [5, 5.41) is 3.77. The van der Waals surface area contributed by atoms with Crippen LogP contribution in [-0.4, -0.2) is 96.1 Å². The molecule has 310 valence electrons. The van der Waals surface area contributed by atoms with Crippen LogP contribution in [-0.2, 0) is 19.1 Å². The number of unbranched alkanes of at least 4 members (excludes halogenated alkanes) is 13. The molecule has 0 aromatic heterocycles. The lowest BCUT2D eigenvalue weighted by Gasteiger charge is -2.46. The van der Waals surface area contributed by atoms with E-state index in [1.807, 2.05) is 4.90 Å². The zero-order chi connectivity index (χ0) is 39.0. The third-order valence-corrected chi connectivity index (χ3v) is 12.4. The van der Waals surface area contributed by atoms with Crippen LogP contribution < -0.4 is 22.5 Å². The summed E-state index contributed by atoms with van der Waals surface area (Å²) in [5.41, 5.74) is 18.8. The third kappa shape index (κ3) is 12.2. The standard InChI is InChI=1S/C42H73N9O4/c1-3-4-5-6-8-11-14-20-31-29-32-23-24-35-36(30(2)47-42(48-31)51(32)35)38(52)54-27-17-13-10-7-9-12-15-21-33-37(34-22-19-26-50(34)41(45)49-33)39(53)55-28-18-16-25-46-40(43)44/h30-33,35-36H,3-29H2,1-2H3,(H2,45,49)(H,47,48)(H4,43,44,46)/t30-,31?,32?,33?,35?,36+/m1/s1. The molecule has 13 heteroatoms. The molecular weight excluding hydrogens is 695 g/mol. The van der Waals surface area contributed by atoms with E-state index < -0.39 is 0 Å². The van der Waals surface area contributed by atoms with Gasteiger partial charge in [-0.1, -0.05) is 90.4 Å². The van der Waals surface area contributed by atoms with E-state index in [2.05, 4.69) is 29.1 Å². The Hall–Kier alpha value is -3.51. The minimum absolute atomic E-state index is 0.0639. The van der Waals surface area contributed by atoms with E-state index in [9.17, 15) is 9.59 Å². The first-order valence-electron chi connectivity index (χ1n) is 22.1. The number of esters is 2. The van der Waals surface area contributed by atoms with Crippen LogP contribution in [0, 0.1) is 5.92 Å². The Balaban J connectivity index is 0.945. The fraction of sp³-hybridized carbons (Fsp3) is 0.833. The zero-order valence-corrected chi connectivity index (χ0v) is 34.2. The lowest BCUT2D eigenvalue weighted by Crippen LogP contribution is -2.63. The highest BCUT2D eigenvalue weighted by Gasteiger charge is 2.51. The van der Waals surface area contributed by atoms with Crippen molar-refractivity contribution in [2.24, 2.45) is 38.1 Å². The molecule has 4 unspecified atom stereocenters. The second-order valence-electron chi connectivity index (χ2n) is 16.6. The van der Waals surface area contributed by atoms with E-state index >= 15 is 0 Å². The Kier molecular flexibility index (Phi) is 17.3. The number of aliphatic imine (C=N–C) groups is 3. The van der Waals surface area contributed by atoms with Crippen LogP contribution in [0.15, 0.2) is 26.2 Å². The monoisotopic (exact) mass is 768 g/mol. The van der Waals surface area contributed by atoms with Gasteiger partial charge in [-0.3, -0.25) is 9.79 Å². The normalized spacial score (nSPS) is 25.5. The first kappa shape index (κ1) is 42.6. The summed E-state index contributed by atoms with van der Waals surface area (Å²) in [5.74, 6) is 1.09. The molecule has 3 fully saturated rings. The molecule has 0 aliphatic carbocycles. The van der Waals surface area contributed by atoms with Gasteiger partial charge in [0.25, 0.3) is 0 Å². The van der Waals surface area contributed by atoms with Gasteiger partial charge in [0.05, 0.1) is 36.8 Å². The molecule has 13 nitrogen and oxygen atoms in total. The summed E-state index contributed by atoms with van der Waals surface area (Å²) < 4.78 is 11.6. The molecule has 5 aliphatic rings. The maximum absolute atomic E-state index is 13.4. The fourth-order valence-electron chi connectivity index (χ4n) is 9.47. The summed E-state index contributed by atoms with van der Waals surface area (Å²) in [7, 11) is 0. The van der Waals surface area contributed by atoms with Crippen molar-refractivity contribution in [1.29, 1.82) is 0 Å². The predicted octanol–water partition coefficient (Wildman–Crippen LogP) is 6.00. The van der Waals surface area contributed by atoms with Gasteiger partial charge in [-0.2, -0.15) is 0 Å². The Morgan fingerprint density at radius 1 is 0.855 bits per heavy atom. The molecule has 0 aromatic carbocycles. The van der Waals surface area contributed by atoms with Crippen molar-refractivity contribution in [2.75, 3.05) is 26.3 Å². The molecule has 0 radical (unpaired) electrons. The van der Waals surface area contributed by atoms with Gasteiger partial charge in [-0.15, -0.1) is 0 Å². The zero-order valence-electron chi connectivity index (χ0n) is 34.2. The number of nitrogens with two attached hydrogens (primary N) is 3. The summed E-state index contributed by atoms with van der Waals surface area (Å²) in [4.78, 5) is 44.8. The van der Waals surface area contributed by atoms with E-state index in [4.69, 9.17) is 36.7 Å². The van der Waals surface area contributed by atoms with Crippen molar-refractivity contribution in [3.05, 3.63) is 11.3 Å². The van der Waals surface area contributed by atoms with Crippen molar-refractivity contribution in [2.45, 2.75) is 192 Å². The molecule has 0 saturated carbocycles. The first-order chi connectivity index (χ1) is 26.8. The number of hydrogen-bond acceptors (Lipinski definition) is 11. The molecule has 5 heterocycles. The van der Waals surface area contributed by atoms with E-state index in [1.54, 1.807) is 0 Å². The summed E-state index contributed by atoms with van der Waals surface area (Å²) >= 11 is 0. The van der Waals surface area contributed by atoms with Gasteiger partial charge in [0, 0.05) is 36.9 Å². The molecule has 55 heavy (non-hydrogen) atoms. The Bertz CT molecular complexity index is 1360. The first-order valence-corrected chi connectivity index (χ1v) is 22.1. The number of fused-ring (bicyclic) bond motifs is 1. The van der Waals surface area contributed by atoms with Crippen LogP contribution in [0.1, 0.15) is 162 Å². The molecule has 0 aromatic rings. The second kappa shape index (κ2) is 22.3. The van der Waals surface area contributed by atoms with E-state index in [0.717, 1.165) is 108 Å². The van der Waals surface area contributed by atoms with Crippen LogP contribution in [0.2, 0.25) is 0 Å². The largest absolute Gasteiger partial charge is 0.465 e. The fourth-order valence-corrected chi connectivity index (χ4v) is 9.47. The summed E-state index contributed by atoms with van der Waals surface area (Å²) in [6.07, 6.45) is 25.3. The third-order valence-electron chi connectivity index (χ3n) is 12.4. The Morgan fingerprint density at radius 3 is 2.27 bits per heavy atom. The van der Waals surface area contributed by atoms with Crippen molar-refractivity contribution in [3.63, 3.8) is 0 Å². The molecule has 0 amide bonds. The highest BCUT2D eigenvalue weighted by molar-refractivity contribution is 5.95. The van der Waals surface area contributed by atoms with Crippen molar-refractivity contribution in [3.8, 4) is 0 Å². The minimum atomic E-state index is -0.278. The quantitative estimate of drug-likeness (QED) is 0.0372. The molecule has 3 saturated heterocycles. The summed E-state index contributed by atoms with van der Waals surface area (Å²) in [6, 6.07) is 0.876. The number of rotatable bonds is 25. The van der Waals surface area contributed by atoms with Crippen molar-refractivity contribution < 1.29 is 19.1 Å². The van der Waals surface area contributed by atoms with E-state index in [0.29, 0.717) is 49.8 Å². The number of carbonyl (C=O) groups is 2. The maximum atomic E-state index is 13.4. The van der Waals surface area contributed by atoms with Gasteiger partial charge < -0.3 is 41.8 Å². The predicted molar refractivity (Wildman–Crippen MR) is 220 cm³/mol. The van der Waals surface area contributed by atoms with Crippen molar-refractivity contribution in [1.82, 2.24) is 15.1 Å². The number of ether oxygens (including phenoxy) is 2. The average molecular weight is 768 g/mol. The molecule has 7 N–H and O–H groups in total. The molecule has 6 atom stereocenters. The number of allylic oxidation sites excluding steroid dienone is 1. The molecule has 5 rings (SSSR count). The summed E-state index contributed by atoms with van der Waals surface area (Å²) in [6.45, 7) is 6.48. The topological polar surface area (TPSA) is 186 Å². The number of carbonyl (C=O) groups excluding carboxylic acids is 2. The number of guanidine groups is 3. The van der Waals surface area contributed by atoms with E-state index in [-0.39, 0.29) is 41.9 Å². The number of nitrogens with zero attached hydrogens (tertiary/aromatic N) is 5. The average Bonchev–Trinajstić information content (AvgIpc) is 3.82. The minimum Gasteiger partial charge on any atom is -0.465 e. The Morgan fingerprint density at radius 2 is 1.53 bits per heavy atom. The van der Waals surface area contributed by atoms with Gasteiger partial charge in [0.2, 0.25) is 0 Å². The van der Waals surface area contributed by atoms with Crippen LogP contribution in [0.3, 0.4) is 0 Å². The Labute approximate surface area is 330 Å². The lowest BCUT2D eigenvalue weighted by molar-refractivity contribution is -0.151. The van der Waals surface area contributed by atoms with Gasteiger partial charge in [-0.05, 0) is 71.1 Å². The second-order valence-corrected chi connectivity index (χ2v) is 16.6. The molecule has 0 bridgehead atoms. The van der Waals surface area contributed by atoms with Crippen LogP contribution in [0.25, 0.3) is 0 Å². The van der Waals surface area contributed by atoms with Crippen LogP contribution in [0.5, 0.6) is 0 Å². The smallest absolute Gasteiger partial charge is 0.337 e. The highest BCUT2D eigenvalue weighted by atomic mass is 16.5. The van der Waals surface area contributed by atoms with Gasteiger partial charge in [-0.25, -0.2) is 14.8 Å². The van der Waals surface area contributed by atoms with Crippen LogP contribution in [0.4, 0.5) is 0 Å². The SMILES string of the molecule is CCCCCCCCCC1CC2CCC3[C@@H](C(=O)OCCCCCCCCCC4N=C(N)N5CCCC5=C4C(=O)OCCCCN=C(N)N)[C@@H](C)N=C(N1)N23. The van der Waals surface area contributed by atoms with Crippen molar-refractivity contribution >= 4 is 29.8 Å². The highest BCUT2D eigenvalue weighted by Crippen LogP contribution is 2.40. The number of nitrogens with one attached hydrogen (secondary N) is 1. The molecule has 5 aliphatic heterocycles. The maximum Gasteiger partial charge on any atom is 0.337 e. The molecule has 0 spiro atoms. The van der Waals surface area contributed by atoms with Gasteiger partial charge in [0.1, 0.15) is 0 Å².